The average Bonchev–Trinajstić information content (AvgIpc) is 3.03. The van der Waals surface area contributed by atoms with Crippen LogP contribution in [0.15, 0.2) is 27.3 Å². The number of H-pyrrole nitrogens is 1. The lowest BCUT2D eigenvalue weighted by molar-refractivity contribution is -0.212. The van der Waals surface area contributed by atoms with Crippen LogP contribution in [0.5, 0.6) is 0 Å². The van der Waals surface area contributed by atoms with Gasteiger partial charge in [-0.25, -0.2) is 31.9 Å². The van der Waals surface area contributed by atoms with Crippen LogP contribution in [-0.2, 0) is 58.2 Å². The fourth-order valence-electron chi connectivity index (χ4n) is 2.50. The number of rotatable bonds is 14. The van der Waals surface area contributed by atoms with E-state index in [1.165, 1.54) is 6.92 Å². The first-order valence-electron chi connectivity index (χ1n) is 9.49. The van der Waals surface area contributed by atoms with Crippen molar-refractivity contribution >= 4 is 46.9 Å². The molecule has 0 amide bonds. The van der Waals surface area contributed by atoms with Crippen molar-refractivity contribution in [1.29, 1.82) is 0 Å². The van der Waals surface area contributed by atoms with Gasteiger partial charge in [-0.05, 0) is 6.92 Å². The summed E-state index contributed by atoms with van der Waals surface area (Å²) in [4.78, 5) is 90.6. The number of nitrogens with one attached hydrogen (secondary N) is 1. The first-order chi connectivity index (χ1) is 18.2. The lowest BCUT2D eigenvalue weighted by atomic mass is 10.3. The SMILES string of the molecule is Cc1cn([C@H]2CC(O)=C(COP(=O)(O)OP(=O)(O)OP(=O)(O)OP(=O)(O)OP(=O)(O)OP(=O)([O-])O)O2)c(=O)[nH]c1=O. The molecule has 0 aromatic carbocycles. The van der Waals surface area contributed by atoms with Crippen LogP contribution in [-0.4, -0.2) is 50.6 Å². The summed E-state index contributed by atoms with van der Waals surface area (Å²) in [7, 11) is -37.4. The van der Waals surface area contributed by atoms with E-state index < -0.39 is 89.0 Å². The van der Waals surface area contributed by atoms with Gasteiger partial charge in [-0.15, -0.1) is 0 Å². The van der Waals surface area contributed by atoms with Crippen LogP contribution in [0.25, 0.3) is 0 Å². The molecular weight excluding hydrogens is 702 g/mol. The minimum atomic E-state index is -6.46. The van der Waals surface area contributed by atoms with E-state index in [9.17, 15) is 66.6 Å². The van der Waals surface area contributed by atoms with Crippen molar-refractivity contribution in [2.24, 2.45) is 0 Å². The second-order valence-corrected chi connectivity index (χ2v) is 16.3. The van der Waals surface area contributed by atoms with Crippen molar-refractivity contribution in [3.05, 3.63) is 44.1 Å². The Labute approximate surface area is 224 Å². The fourth-order valence-corrected chi connectivity index (χ4v) is 9.74. The molecule has 0 fully saturated rings. The van der Waals surface area contributed by atoms with Gasteiger partial charge in [0.05, 0.1) is 6.42 Å². The Morgan fingerprint density at radius 2 is 1.32 bits per heavy atom. The van der Waals surface area contributed by atoms with E-state index in [2.05, 4.69) is 26.1 Å². The number of hydrogen-bond acceptors (Lipinski definition) is 17. The quantitative estimate of drug-likeness (QED) is 0.113. The Morgan fingerprint density at radius 3 is 1.78 bits per heavy atom. The summed E-state index contributed by atoms with van der Waals surface area (Å²) in [5.41, 5.74) is -1.61. The van der Waals surface area contributed by atoms with Gasteiger partial charge in [0.25, 0.3) is 13.4 Å². The van der Waals surface area contributed by atoms with Gasteiger partial charge >= 0.3 is 44.8 Å². The van der Waals surface area contributed by atoms with E-state index in [0.717, 1.165) is 10.8 Å². The van der Waals surface area contributed by atoms with Crippen molar-refractivity contribution in [2.75, 3.05) is 6.61 Å². The summed E-state index contributed by atoms with van der Waals surface area (Å²) in [5.74, 6) is -1.30. The molecule has 0 saturated carbocycles. The molecule has 236 valence electrons. The molecule has 8 N–H and O–H groups in total. The smallest absolute Gasteiger partial charge is 0.490 e. The third kappa shape index (κ3) is 11.8. The number of ether oxygens (including phenoxy) is 1. The second kappa shape index (κ2) is 12.5. The topological polar surface area (TPSA) is 387 Å². The van der Waals surface area contributed by atoms with Crippen LogP contribution in [0.1, 0.15) is 18.2 Å². The molecule has 1 aromatic rings. The predicted molar refractivity (Wildman–Crippen MR) is 121 cm³/mol. The van der Waals surface area contributed by atoms with Gasteiger partial charge in [0.2, 0.25) is 0 Å². The first-order valence-corrected chi connectivity index (χ1v) is 18.5. The maximum Gasteiger partial charge on any atom is 0.490 e. The maximum absolute atomic E-state index is 12.0. The fraction of sp³-hybridized carbons (Fsp3) is 0.400. The number of aliphatic hydroxyl groups is 1. The van der Waals surface area contributed by atoms with Gasteiger partial charge in [-0.1, -0.05) is 0 Å². The van der Waals surface area contributed by atoms with E-state index in [4.69, 9.17) is 14.5 Å². The number of hydrogen-bond donors (Lipinski definition) is 8. The number of aromatic nitrogens is 2. The number of aliphatic hydroxyl groups excluding tert-OH is 1. The van der Waals surface area contributed by atoms with E-state index >= 15 is 0 Å². The summed E-state index contributed by atoms with van der Waals surface area (Å²) in [5, 5.41) is 9.97. The zero-order valence-electron chi connectivity index (χ0n) is 19.4. The largest absolute Gasteiger partial charge is 0.756 e. The summed E-state index contributed by atoms with van der Waals surface area (Å²) in [6.45, 7) is 0.113. The van der Waals surface area contributed by atoms with Crippen molar-refractivity contribution in [2.45, 2.75) is 19.6 Å². The molecule has 0 spiro atoms. The van der Waals surface area contributed by atoms with Crippen LogP contribution >= 0.6 is 46.9 Å². The molecule has 2 heterocycles. The van der Waals surface area contributed by atoms with Crippen molar-refractivity contribution in [1.82, 2.24) is 9.55 Å². The molecule has 7 atom stereocenters. The molecule has 25 nitrogen and oxygen atoms in total. The minimum Gasteiger partial charge on any atom is -0.756 e. The Morgan fingerprint density at radius 1 is 0.878 bits per heavy atom. The predicted octanol–water partition coefficient (Wildman–Crippen LogP) is -0.404. The molecule has 6 unspecified atom stereocenters. The van der Waals surface area contributed by atoms with Gasteiger partial charge in [-0.2, -0.15) is 17.2 Å². The van der Waals surface area contributed by atoms with E-state index in [-0.39, 0.29) is 5.56 Å². The standard InChI is InChI=1S/C10H18N2O23P6/c1-5-3-12(10(15)11-9(5)14)8-2-6(13)7(30-8)4-29-37(19,20)32-39(23,24)34-41(27,28)35-40(25,26)33-38(21,22)31-36(16,17)18/h3,8,13H,2,4H2,1H3,(H,19,20)(H,21,22)(H,23,24)(H,25,26)(H,27,28)(H,11,14,15)(H2,16,17,18)/p-1/t8-/m1/s1. The van der Waals surface area contributed by atoms with Gasteiger partial charge in [-0.3, -0.25) is 23.4 Å². The average molecular weight is 719 g/mol. The molecule has 1 aliphatic rings. The highest BCUT2D eigenvalue weighted by Crippen LogP contribution is 2.74. The van der Waals surface area contributed by atoms with Crippen molar-refractivity contribution < 1.29 is 97.6 Å². The Balaban J connectivity index is 2.03. The van der Waals surface area contributed by atoms with Crippen LogP contribution in [0.3, 0.4) is 0 Å². The van der Waals surface area contributed by atoms with Crippen LogP contribution in [0, 0.1) is 6.92 Å². The van der Waals surface area contributed by atoms with Crippen LogP contribution in [0.4, 0.5) is 0 Å². The van der Waals surface area contributed by atoms with Crippen LogP contribution in [0.2, 0.25) is 0 Å². The normalized spacial score (nSPS) is 24.6. The van der Waals surface area contributed by atoms with Gasteiger partial charge in [0, 0.05) is 11.8 Å². The van der Waals surface area contributed by atoms with E-state index in [1.807, 2.05) is 4.98 Å². The molecule has 0 bridgehead atoms. The lowest BCUT2D eigenvalue weighted by Gasteiger charge is -2.22. The lowest BCUT2D eigenvalue weighted by Crippen LogP contribution is -2.33. The summed E-state index contributed by atoms with van der Waals surface area (Å²) >= 11 is 0. The van der Waals surface area contributed by atoms with Gasteiger partial charge in [0.1, 0.15) is 12.4 Å². The maximum atomic E-state index is 12.0. The molecule has 0 saturated heterocycles. The number of phosphoric ester groups is 1. The second-order valence-electron chi connectivity index (χ2n) is 7.12. The highest BCUT2D eigenvalue weighted by molar-refractivity contribution is 7.72. The van der Waals surface area contributed by atoms with Crippen molar-refractivity contribution in [3.63, 3.8) is 0 Å². The molecule has 0 radical (unpaired) electrons. The third-order valence-electron chi connectivity index (χ3n) is 3.81. The van der Waals surface area contributed by atoms with Crippen LogP contribution < -0.4 is 16.1 Å². The Bertz CT molecular complexity index is 1620. The Hall–Kier alpha value is -1.12. The summed E-state index contributed by atoms with van der Waals surface area (Å²) in [6, 6.07) is 0. The first kappa shape index (κ1) is 36.1. The zero-order valence-corrected chi connectivity index (χ0v) is 24.7. The van der Waals surface area contributed by atoms with E-state index in [0.29, 0.717) is 0 Å². The number of nitrogens with zero attached hydrogens (tertiary/aromatic N) is 1. The number of phosphoric acid groups is 6. The summed E-state index contributed by atoms with van der Waals surface area (Å²) in [6.07, 6.45) is -0.670. The number of aryl methyl sites for hydroxylation is 1. The molecule has 1 aromatic heterocycles. The van der Waals surface area contributed by atoms with Gasteiger partial charge < -0.3 is 44.1 Å². The summed E-state index contributed by atoms with van der Waals surface area (Å²) < 4.78 is 95.8. The Kier molecular flexibility index (Phi) is 11.0. The molecule has 0 aliphatic carbocycles. The highest BCUT2D eigenvalue weighted by atomic mass is 31.3. The molecule has 1 aliphatic heterocycles. The zero-order chi connectivity index (χ0) is 31.8. The molecule has 31 heteroatoms. The molecule has 41 heavy (non-hydrogen) atoms. The number of aromatic amines is 1. The van der Waals surface area contributed by atoms with Crippen molar-refractivity contribution in [3.8, 4) is 0 Å². The highest BCUT2D eigenvalue weighted by Gasteiger charge is 2.48. The monoisotopic (exact) mass is 719 g/mol. The third-order valence-corrected chi connectivity index (χ3v) is 12.5. The molecule has 2 rings (SSSR count). The van der Waals surface area contributed by atoms with Gasteiger partial charge in [0.15, 0.2) is 12.0 Å². The van der Waals surface area contributed by atoms with E-state index in [1.54, 1.807) is 0 Å². The minimum absolute atomic E-state index is 0.0655. The molecular formula is C10H17N2O23P6-.